The highest BCUT2D eigenvalue weighted by molar-refractivity contribution is 8.76. The molecule has 0 aliphatic carbocycles. The molecule has 2 aromatic carbocycles. The first-order valence-corrected chi connectivity index (χ1v) is 9.89. The maximum absolute atomic E-state index is 13.3. The highest BCUT2D eigenvalue weighted by atomic mass is 35.5. The zero-order valence-corrected chi connectivity index (χ0v) is 16.3. The number of carbonyl (C=O) groups excluding carboxylic acids is 2. The molecule has 0 bridgehead atoms. The fourth-order valence-corrected chi connectivity index (χ4v) is 5.31. The second kappa shape index (κ2) is 8.56. The molecule has 0 atom stereocenters. The number of rotatable bonds is 5. The van der Waals surface area contributed by atoms with E-state index in [0.717, 1.165) is 24.3 Å². The number of alkyl halides is 6. The Morgan fingerprint density at radius 2 is 1.00 bits per heavy atom. The number of hydrogen-bond acceptors (Lipinski definition) is 4. The van der Waals surface area contributed by atoms with Crippen LogP contribution in [-0.2, 0) is 12.4 Å². The van der Waals surface area contributed by atoms with Gasteiger partial charge < -0.3 is 0 Å². The van der Waals surface area contributed by atoms with Crippen LogP contribution in [0.4, 0.5) is 26.3 Å². The highest BCUT2D eigenvalue weighted by Crippen LogP contribution is 2.49. The van der Waals surface area contributed by atoms with Gasteiger partial charge in [0.05, 0.1) is 11.1 Å². The van der Waals surface area contributed by atoms with Gasteiger partial charge in [0, 0.05) is 20.9 Å². The van der Waals surface area contributed by atoms with Gasteiger partial charge in [-0.1, -0.05) is 33.7 Å². The Kier molecular flexibility index (Phi) is 7.01. The molecule has 0 amide bonds. The molecule has 0 aliphatic heterocycles. The van der Waals surface area contributed by atoms with Crippen LogP contribution < -0.4 is 0 Å². The average molecular weight is 479 g/mol. The topological polar surface area (TPSA) is 34.1 Å². The van der Waals surface area contributed by atoms with Crippen molar-refractivity contribution in [3.05, 3.63) is 58.7 Å². The van der Waals surface area contributed by atoms with Gasteiger partial charge in [-0.2, -0.15) is 26.3 Å². The van der Waals surface area contributed by atoms with Crippen molar-refractivity contribution in [1.29, 1.82) is 0 Å². The summed E-state index contributed by atoms with van der Waals surface area (Å²) >= 11 is 10.6. The van der Waals surface area contributed by atoms with Crippen LogP contribution in [0.3, 0.4) is 0 Å². The minimum Gasteiger partial charge on any atom is -0.276 e. The fourth-order valence-electron chi connectivity index (χ4n) is 2.09. The van der Waals surface area contributed by atoms with Crippen LogP contribution in [0, 0.1) is 0 Å². The van der Waals surface area contributed by atoms with Gasteiger partial charge in [-0.15, -0.1) is 0 Å². The Morgan fingerprint density at radius 3 is 1.25 bits per heavy atom. The second-order valence-corrected chi connectivity index (χ2v) is 7.91. The second-order valence-electron chi connectivity index (χ2n) is 5.07. The molecule has 150 valence electrons. The van der Waals surface area contributed by atoms with E-state index in [0.29, 0.717) is 12.1 Å². The lowest BCUT2D eigenvalue weighted by atomic mass is 10.1. The number of benzene rings is 2. The van der Waals surface area contributed by atoms with Crippen molar-refractivity contribution >= 4 is 55.3 Å². The zero-order valence-electron chi connectivity index (χ0n) is 13.1. The Bertz CT molecular complexity index is 853. The van der Waals surface area contributed by atoms with Crippen molar-refractivity contribution in [2.24, 2.45) is 0 Å². The van der Waals surface area contributed by atoms with Gasteiger partial charge in [0.25, 0.3) is 10.5 Å². The van der Waals surface area contributed by atoms with Crippen LogP contribution in [0.2, 0.25) is 0 Å². The van der Waals surface area contributed by atoms with Crippen molar-refractivity contribution in [2.75, 3.05) is 0 Å². The monoisotopic (exact) mass is 478 g/mol. The molecule has 2 nitrogen and oxygen atoms in total. The number of halogens is 8. The van der Waals surface area contributed by atoms with Crippen molar-refractivity contribution in [3.63, 3.8) is 0 Å². The van der Waals surface area contributed by atoms with Crippen LogP contribution in [0.1, 0.15) is 31.8 Å². The maximum Gasteiger partial charge on any atom is 0.417 e. The third-order valence-corrected chi connectivity index (χ3v) is 6.23. The van der Waals surface area contributed by atoms with E-state index in [9.17, 15) is 35.9 Å². The summed E-state index contributed by atoms with van der Waals surface area (Å²) in [4.78, 5) is 21.6. The van der Waals surface area contributed by atoms with Crippen molar-refractivity contribution in [2.45, 2.75) is 22.1 Å². The Labute approximate surface area is 172 Å². The molecule has 0 fully saturated rings. The lowest BCUT2D eigenvalue weighted by molar-refractivity contribution is -0.140. The standard InChI is InChI=1S/C16H6Cl2F6O2S2/c17-13(25)7-3-1-5-9(15(19,20)21)11(7)27-28-12-8(14(18)26)4-2-6-10(12)16(22,23)24/h1-6H. The Hall–Kier alpha value is -1.36. The smallest absolute Gasteiger partial charge is 0.276 e. The summed E-state index contributed by atoms with van der Waals surface area (Å²) in [5.41, 5.74) is -3.56. The van der Waals surface area contributed by atoms with E-state index in [1.807, 2.05) is 0 Å². The Balaban J connectivity index is 2.59. The first-order chi connectivity index (χ1) is 12.8. The summed E-state index contributed by atoms with van der Waals surface area (Å²) in [5, 5.41) is -2.43. The van der Waals surface area contributed by atoms with E-state index < -0.39 is 54.9 Å². The van der Waals surface area contributed by atoms with Crippen molar-refractivity contribution < 1.29 is 35.9 Å². The Morgan fingerprint density at radius 1 is 0.679 bits per heavy atom. The van der Waals surface area contributed by atoms with E-state index >= 15 is 0 Å². The van der Waals surface area contributed by atoms with Gasteiger partial charge in [0.1, 0.15) is 0 Å². The van der Waals surface area contributed by atoms with Gasteiger partial charge in [0.2, 0.25) is 0 Å². The quantitative estimate of drug-likeness (QED) is 0.257. The molecule has 0 heterocycles. The predicted octanol–water partition coefficient (Wildman–Crippen LogP) is 7.28. The summed E-state index contributed by atoms with van der Waals surface area (Å²) in [6.07, 6.45) is -9.78. The molecule has 0 aliphatic rings. The lowest BCUT2D eigenvalue weighted by Crippen LogP contribution is -2.10. The summed E-state index contributed by atoms with van der Waals surface area (Å²) in [7, 11) is 0.449. The van der Waals surface area contributed by atoms with E-state index in [2.05, 4.69) is 0 Å². The molecule has 12 heteroatoms. The predicted molar refractivity (Wildman–Crippen MR) is 95.0 cm³/mol. The van der Waals surface area contributed by atoms with Crippen molar-refractivity contribution in [3.8, 4) is 0 Å². The van der Waals surface area contributed by atoms with Gasteiger partial charge in [-0.3, -0.25) is 9.59 Å². The van der Waals surface area contributed by atoms with Gasteiger partial charge in [-0.25, -0.2) is 0 Å². The average Bonchev–Trinajstić information content (AvgIpc) is 2.57. The number of carbonyl (C=O) groups is 2. The first kappa shape index (κ1) is 22.9. The van der Waals surface area contributed by atoms with Gasteiger partial charge >= 0.3 is 12.4 Å². The van der Waals surface area contributed by atoms with Gasteiger partial charge in [0.15, 0.2) is 0 Å². The minimum absolute atomic E-state index is 0.224. The van der Waals surface area contributed by atoms with Crippen molar-refractivity contribution in [1.82, 2.24) is 0 Å². The molecule has 0 aromatic heterocycles. The molecule has 28 heavy (non-hydrogen) atoms. The summed E-state index contributed by atoms with van der Waals surface area (Å²) < 4.78 is 79.6. The molecule has 0 saturated heterocycles. The number of hydrogen-bond donors (Lipinski definition) is 0. The third-order valence-electron chi connectivity index (χ3n) is 3.27. The molecule has 0 radical (unpaired) electrons. The van der Waals surface area contributed by atoms with Gasteiger partial charge in [-0.05, 0) is 47.5 Å². The largest absolute Gasteiger partial charge is 0.417 e. The molecule has 0 N–H and O–H groups in total. The fraction of sp³-hybridized carbons (Fsp3) is 0.125. The molecular formula is C16H6Cl2F6O2S2. The van der Waals surface area contributed by atoms with E-state index in [-0.39, 0.29) is 21.6 Å². The van der Waals surface area contributed by atoms with E-state index in [1.165, 1.54) is 0 Å². The van der Waals surface area contributed by atoms with Crippen LogP contribution in [0.5, 0.6) is 0 Å². The molecule has 2 aromatic rings. The molecule has 2 rings (SSSR count). The molecule has 0 spiro atoms. The van der Waals surface area contributed by atoms with Crippen LogP contribution in [0.15, 0.2) is 46.2 Å². The lowest BCUT2D eigenvalue weighted by Gasteiger charge is -2.17. The highest BCUT2D eigenvalue weighted by Gasteiger charge is 2.38. The molecular weight excluding hydrogens is 473 g/mol. The summed E-state index contributed by atoms with van der Waals surface area (Å²) in [6, 6.07) is 5.24. The zero-order chi connectivity index (χ0) is 21.3. The maximum atomic E-state index is 13.3. The van der Waals surface area contributed by atoms with E-state index in [1.54, 1.807) is 0 Å². The van der Waals surface area contributed by atoms with Crippen LogP contribution >= 0.6 is 44.8 Å². The van der Waals surface area contributed by atoms with E-state index in [4.69, 9.17) is 23.2 Å². The molecule has 0 unspecified atom stereocenters. The first-order valence-electron chi connectivity index (χ1n) is 6.98. The SMILES string of the molecule is O=C(Cl)c1cccc(C(F)(F)F)c1SSc1c(C(=O)Cl)cccc1C(F)(F)F. The van der Waals surface area contributed by atoms with Crippen LogP contribution in [-0.4, -0.2) is 10.5 Å². The molecule has 0 saturated carbocycles. The summed E-state index contributed by atoms with van der Waals surface area (Å²) in [5.74, 6) is 0. The minimum atomic E-state index is -4.89. The van der Waals surface area contributed by atoms with Crippen LogP contribution in [0.25, 0.3) is 0 Å². The third kappa shape index (κ3) is 5.16. The summed E-state index contributed by atoms with van der Waals surface area (Å²) in [6.45, 7) is 0. The normalized spacial score (nSPS) is 12.1.